The molecule has 0 aliphatic rings. The average Bonchev–Trinajstić information content (AvgIpc) is 2.69. The Bertz CT molecular complexity index is 346. The molecule has 0 aromatic carbocycles. The van der Waals surface area contributed by atoms with Gasteiger partial charge in [0, 0.05) is 12.4 Å². The minimum absolute atomic E-state index is 0.691. The highest BCUT2D eigenvalue weighted by Crippen LogP contribution is 2.05. The van der Waals surface area contributed by atoms with Crippen molar-refractivity contribution in [3.63, 3.8) is 0 Å². The molecule has 0 atom stereocenters. The van der Waals surface area contributed by atoms with Crippen molar-refractivity contribution in [3.8, 4) is 0 Å². The Morgan fingerprint density at radius 2 is 2.31 bits per heavy atom. The summed E-state index contributed by atoms with van der Waals surface area (Å²) in [5.74, 6) is 0.760. The summed E-state index contributed by atoms with van der Waals surface area (Å²) in [4.78, 5) is 9.07. The zero-order valence-corrected chi connectivity index (χ0v) is 7.53. The normalized spacial score (nSPS) is 9.85. The number of aromatic nitrogens is 4. The van der Waals surface area contributed by atoms with Crippen molar-refractivity contribution in [1.29, 1.82) is 0 Å². The number of nitrogens with one attached hydrogen (secondary N) is 1. The lowest BCUT2D eigenvalue weighted by atomic mass is 10.5. The van der Waals surface area contributed by atoms with Crippen molar-refractivity contribution in [2.45, 2.75) is 6.54 Å². The van der Waals surface area contributed by atoms with E-state index in [2.05, 4.69) is 24.9 Å². The molecule has 13 heavy (non-hydrogen) atoms. The maximum absolute atomic E-state index is 4.07. The topological polar surface area (TPSA) is 63.6 Å². The first-order valence-corrected chi connectivity index (χ1v) is 4.48. The SMILES string of the molecule is c1cnc(NCc2cnns2)cn1. The van der Waals surface area contributed by atoms with Crippen LogP contribution in [0, 0.1) is 0 Å². The fourth-order valence-corrected chi connectivity index (χ4v) is 1.26. The molecule has 2 aromatic rings. The summed E-state index contributed by atoms with van der Waals surface area (Å²) in [7, 11) is 0. The molecule has 0 saturated carbocycles. The molecule has 6 heteroatoms. The molecule has 0 saturated heterocycles. The van der Waals surface area contributed by atoms with Crippen LogP contribution in [0.5, 0.6) is 0 Å². The maximum atomic E-state index is 4.07. The van der Waals surface area contributed by atoms with Crippen LogP contribution in [0.15, 0.2) is 24.8 Å². The standard InChI is InChI=1S/C7H7N5S/c1-2-9-7(5-8-1)10-3-6-4-11-12-13-6/h1-2,4-5H,3H2,(H,9,10). The van der Waals surface area contributed by atoms with Crippen LogP contribution < -0.4 is 5.32 Å². The lowest BCUT2D eigenvalue weighted by molar-refractivity contribution is 1.09. The van der Waals surface area contributed by atoms with Gasteiger partial charge in [-0.3, -0.25) is 4.98 Å². The molecule has 5 nitrogen and oxygen atoms in total. The Balaban J connectivity index is 1.94. The fourth-order valence-electron chi connectivity index (χ4n) is 0.834. The summed E-state index contributed by atoms with van der Waals surface area (Å²) in [6.45, 7) is 0.691. The first kappa shape index (κ1) is 8.06. The second kappa shape index (κ2) is 3.90. The van der Waals surface area contributed by atoms with E-state index in [1.165, 1.54) is 11.5 Å². The third-order valence-corrected chi connectivity index (χ3v) is 2.07. The predicted molar refractivity (Wildman–Crippen MR) is 49.3 cm³/mol. The van der Waals surface area contributed by atoms with E-state index >= 15 is 0 Å². The number of rotatable bonds is 3. The molecule has 1 N–H and O–H groups in total. The largest absolute Gasteiger partial charge is 0.364 e. The molecule has 66 valence electrons. The van der Waals surface area contributed by atoms with Crippen LogP contribution in [0.2, 0.25) is 0 Å². The van der Waals surface area contributed by atoms with Crippen LogP contribution >= 0.6 is 11.5 Å². The second-order valence-electron chi connectivity index (χ2n) is 2.33. The first-order valence-electron chi connectivity index (χ1n) is 3.71. The van der Waals surface area contributed by atoms with Gasteiger partial charge < -0.3 is 5.32 Å². The molecule has 2 aromatic heterocycles. The minimum Gasteiger partial charge on any atom is -0.364 e. The molecule has 2 heterocycles. The first-order chi connectivity index (χ1) is 6.45. The van der Waals surface area contributed by atoms with Crippen LogP contribution in [-0.2, 0) is 6.54 Å². The third-order valence-electron chi connectivity index (χ3n) is 1.41. The molecular formula is C7H7N5S. The average molecular weight is 193 g/mol. The molecule has 0 radical (unpaired) electrons. The van der Waals surface area contributed by atoms with Crippen molar-refractivity contribution in [2.24, 2.45) is 0 Å². The summed E-state index contributed by atoms with van der Waals surface area (Å²) in [6.07, 6.45) is 6.69. The van der Waals surface area contributed by atoms with Gasteiger partial charge in [-0.2, -0.15) is 0 Å². The van der Waals surface area contributed by atoms with Gasteiger partial charge in [-0.25, -0.2) is 4.98 Å². The number of anilines is 1. The quantitative estimate of drug-likeness (QED) is 0.786. The van der Waals surface area contributed by atoms with E-state index in [1.54, 1.807) is 24.8 Å². The Morgan fingerprint density at radius 3 is 3.00 bits per heavy atom. The maximum Gasteiger partial charge on any atom is 0.144 e. The Kier molecular flexibility index (Phi) is 2.42. The van der Waals surface area contributed by atoms with Crippen LogP contribution in [0.4, 0.5) is 5.82 Å². The second-order valence-corrected chi connectivity index (χ2v) is 3.20. The Labute approximate surface area is 79.0 Å². The molecule has 0 spiro atoms. The van der Waals surface area contributed by atoms with Gasteiger partial charge in [0.15, 0.2) is 0 Å². The highest BCUT2D eigenvalue weighted by Gasteiger charge is 1.96. The van der Waals surface area contributed by atoms with Crippen molar-refractivity contribution >= 4 is 17.4 Å². The smallest absolute Gasteiger partial charge is 0.144 e. The summed E-state index contributed by atoms with van der Waals surface area (Å²) in [5, 5.41) is 6.83. The van der Waals surface area contributed by atoms with Crippen molar-refractivity contribution in [1.82, 2.24) is 19.6 Å². The highest BCUT2D eigenvalue weighted by atomic mass is 32.1. The minimum atomic E-state index is 0.691. The number of hydrogen-bond acceptors (Lipinski definition) is 6. The van der Waals surface area contributed by atoms with Crippen molar-refractivity contribution in [3.05, 3.63) is 29.7 Å². The van der Waals surface area contributed by atoms with Gasteiger partial charge in [0.05, 0.1) is 23.8 Å². The van der Waals surface area contributed by atoms with Crippen LogP contribution in [0.1, 0.15) is 4.88 Å². The predicted octanol–water partition coefficient (Wildman–Crippen LogP) is 0.940. The summed E-state index contributed by atoms with van der Waals surface area (Å²) in [6, 6.07) is 0. The van der Waals surface area contributed by atoms with E-state index < -0.39 is 0 Å². The van der Waals surface area contributed by atoms with Gasteiger partial charge in [0.2, 0.25) is 0 Å². The summed E-state index contributed by atoms with van der Waals surface area (Å²) < 4.78 is 3.75. The van der Waals surface area contributed by atoms with E-state index in [9.17, 15) is 0 Å². The molecule has 0 unspecified atom stereocenters. The van der Waals surface area contributed by atoms with E-state index in [1.807, 2.05) is 0 Å². The van der Waals surface area contributed by atoms with E-state index in [4.69, 9.17) is 0 Å². The molecule has 0 amide bonds. The monoisotopic (exact) mass is 193 g/mol. The van der Waals surface area contributed by atoms with Crippen molar-refractivity contribution in [2.75, 3.05) is 5.32 Å². The molecular weight excluding hydrogens is 186 g/mol. The number of hydrogen-bond donors (Lipinski definition) is 1. The molecule has 0 aliphatic heterocycles. The number of nitrogens with zero attached hydrogens (tertiary/aromatic N) is 4. The molecule has 0 aliphatic carbocycles. The van der Waals surface area contributed by atoms with Gasteiger partial charge >= 0.3 is 0 Å². The fraction of sp³-hybridized carbons (Fsp3) is 0.143. The van der Waals surface area contributed by atoms with Crippen LogP contribution in [-0.4, -0.2) is 19.6 Å². The van der Waals surface area contributed by atoms with Crippen molar-refractivity contribution < 1.29 is 0 Å². The summed E-state index contributed by atoms with van der Waals surface area (Å²) in [5.41, 5.74) is 0. The lowest BCUT2D eigenvalue weighted by Gasteiger charge is -2.00. The Hall–Kier alpha value is -1.56. The Morgan fingerprint density at radius 1 is 1.31 bits per heavy atom. The molecule has 0 bridgehead atoms. The van der Waals surface area contributed by atoms with Gasteiger partial charge in [-0.1, -0.05) is 4.49 Å². The zero-order chi connectivity index (χ0) is 8.93. The van der Waals surface area contributed by atoms with Crippen LogP contribution in [0.25, 0.3) is 0 Å². The lowest BCUT2D eigenvalue weighted by Crippen LogP contribution is -1.99. The van der Waals surface area contributed by atoms with E-state index in [0.29, 0.717) is 6.54 Å². The van der Waals surface area contributed by atoms with Gasteiger partial charge in [-0.15, -0.1) is 5.10 Å². The molecule has 2 rings (SSSR count). The highest BCUT2D eigenvalue weighted by molar-refractivity contribution is 7.05. The zero-order valence-electron chi connectivity index (χ0n) is 6.71. The van der Waals surface area contributed by atoms with Gasteiger partial charge in [0.25, 0.3) is 0 Å². The van der Waals surface area contributed by atoms with E-state index in [0.717, 1.165) is 10.7 Å². The van der Waals surface area contributed by atoms with E-state index in [-0.39, 0.29) is 0 Å². The van der Waals surface area contributed by atoms with Crippen LogP contribution in [0.3, 0.4) is 0 Å². The molecule has 0 fully saturated rings. The van der Waals surface area contributed by atoms with Gasteiger partial charge in [0.1, 0.15) is 5.82 Å². The summed E-state index contributed by atoms with van der Waals surface area (Å²) >= 11 is 1.37. The van der Waals surface area contributed by atoms with Gasteiger partial charge in [-0.05, 0) is 11.5 Å². The third kappa shape index (κ3) is 2.19.